The van der Waals surface area contributed by atoms with Gasteiger partial charge in [-0.05, 0) is 62.0 Å². The number of hydrogen-bond acceptors (Lipinski definition) is 7. The van der Waals surface area contributed by atoms with E-state index in [1.165, 1.54) is 12.0 Å². The number of nitrogens with zero attached hydrogens (tertiary/aromatic N) is 2. The monoisotopic (exact) mass is 454 g/mol. The fraction of sp³-hybridized carbons (Fsp3) is 0.391. The van der Waals surface area contributed by atoms with Gasteiger partial charge in [0.2, 0.25) is 5.91 Å². The molecule has 2 N–H and O–H groups in total. The highest BCUT2D eigenvalue weighted by Crippen LogP contribution is 2.19. The van der Waals surface area contributed by atoms with E-state index in [4.69, 9.17) is 4.74 Å². The lowest BCUT2D eigenvalue weighted by molar-refractivity contribution is -0.126. The normalized spacial score (nSPS) is 15.0. The zero-order valence-electron chi connectivity index (χ0n) is 17.9. The van der Waals surface area contributed by atoms with Gasteiger partial charge in [0.1, 0.15) is 5.82 Å². The van der Waals surface area contributed by atoms with Crippen molar-refractivity contribution in [2.45, 2.75) is 25.8 Å². The van der Waals surface area contributed by atoms with Gasteiger partial charge in [0.25, 0.3) is 5.56 Å². The zero-order chi connectivity index (χ0) is 22.5. The largest absolute Gasteiger partial charge is 0.465 e. The summed E-state index contributed by atoms with van der Waals surface area (Å²) in [6.45, 7) is 2.66. The minimum Gasteiger partial charge on any atom is -0.465 e. The molecule has 0 bridgehead atoms. The number of H-pyrrole nitrogens is 1. The first kappa shape index (κ1) is 22.2. The molecule has 0 aliphatic carbocycles. The third-order valence-electron chi connectivity index (χ3n) is 5.76. The smallest absolute Gasteiger partial charge is 0.337 e. The van der Waals surface area contributed by atoms with Gasteiger partial charge in [-0.3, -0.25) is 14.5 Å². The predicted octanol–water partition coefficient (Wildman–Crippen LogP) is 2.34. The van der Waals surface area contributed by atoms with Gasteiger partial charge in [0.15, 0.2) is 0 Å². The minimum absolute atomic E-state index is 0.0146. The van der Waals surface area contributed by atoms with Gasteiger partial charge in [-0.1, -0.05) is 6.07 Å². The topological polar surface area (TPSA) is 104 Å². The van der Waals surface area contributed by atoms with E-state index >= 15 is 0 Å². The summed E-state index contributed by atoms with van der Waals surface area (Å²) >= 11 is 1.70. The van der Waals surface area contributed by atoms with Crippen molar-refractivity contribution in [3.63, 3.8) is 0 Å². The first-order valence-electron chi connectivity index (χ1n) is 10.7. The number of carbonyl (C=O) groups excluding carboxylic acids is 2. The van der Waals surface area contributed by atoms with Gasteiger partial charge in [-0.15, -0.1) is 11.3 Å². The highest BCUT2D eigenvalue weighted by Gasteiger charge is 2.25. The molecule has 1 saturated heterocycles. The number of thiophene rings is 1. The van der Waals surface area contributed by atoms with Crippen LogP contribution >= 0.6 is 11.3 Å². The molecule has 4 rings (SSSR count). The van der Waals surface area contributed by atoms with Gasteiger partial charge < -0.3 is 15.0 Å². The number of amides is 1. The number of methoxy groups -OCH3 is 1. The highest BCUT2D eigenvalue weighted by molar-refractivity contribution is 7.09. The number of aromatic nitrogens is 2. The lowest BCUT2D eigenvalue weighted by Gasteiger charge is -2.30. The number of rotatable bonds is 7. The summed E-state index contributed by atoms with van der Waals surface area (Å²) in [5.74, 6) is 0.212. The molecule has 32 heavy (non-hydrogen) atoms. The van der Waals surface area contributed by atoms with Gasteiger partial charge >= 0.3 is 5.97 Å². The molecule has 9 heteroatoms. The maximum atomic E-state index is 12.5. The molecule has 2 aromatic heterocycles. The Bertz CT molecular complexity index is 1150. The number of nitrogens with one attached hydrogen (secondary N) is 2. The summed E-state index contributed by atoms with van der Waals surface area (Å²) in [7, 11) is 1.32. The van der Waals surface area contributed by atoms with Gasteiger partial charge in [-0.25, -0.2) is 9.78 Å². The van der Waals surface area contributed by atoms with Crippen molar-refractivity contribution >= 4 is 34.1 Å². The molecule has 0 unspecified atom stereocenters. The number of likely N-dealkylation sites (tertiary alicyclic amines) is 1. The molecule has 0 spiro atoms. The number of aromatic amines is 1. The molecule has 168 valence electrons. The first-order chi connectivity index (χ1) is 15.5. The molecular weight excluding hydrogens is 428 g/mol. The third kappa shape index (κ3) is 5.23. The number of esters is 1. The minimum atomic E-state index is -0.466. The standard InChI is InChI=1S/C23H26N4O4S/c1-31-23(30)16-4-5-18-19(13-16)25-20(26-22(18)29)14-27-10-7-15(8-11-27)21(28)24-9-6-17-3-2-12-32-17/h2-5,12-13,15H,6-11,14H2,1H3,(H,24,28)(H,25,26,29). The fourth-order valence-electron chi connectivity index (χ4n) is 3.98. The number of hydrogen-bond donors (Lipinski definition) is 2. The van der Waals surface area contributed by atoms with Gasteiger partial charge in [-0.2, -0.15) is 0 Å². The Morgan fingerprint density at radius 3 is 2.81 bits per heavy atom. The molecule has 3 heterocycles. The van der Waals surface area contributed by atoms with Crippen molar-refractivity contribution in [1.29, 1.82) is 0 Å². The molecule has 1 aliphatic heterocycles. The summed E-state index contributed by atoms with van der Waals surface area (Å²) in [6, 6.07) is 8.82. The molecule has 0 saturated carbocycles. The molecule has 1 aromatic carbocycles. The summed E-state index contributed by atoms with van der Waals surface area (Å²) in [5.41, 5.74) is 0.586. The Morgan fingerprint density at radius 1 is 1.28 bits per heavy atom. The third-order valence-corrected chi connectivity index (χ3v) is 6.70. The molecule has 1 aliphatic rings. The van der Waals surface area contributed by atoms with Crippen LogP contribution in [-0.2, 0) is 22.5 Å². The van der Waals surface area contributed by atoms with Crippen LogP contribution in [0.2, 0.25) is 0 Å². The Balaban J connectivity index is 1.32. The fourth-order valence-corrected chi connectivity index (χ4v) is 4.69. The Morgan fingerprint density at radius 2 is 2.09 bits per heavy atom. The van der Waals surface area contributed by atoms with Crippen LogP contribution in [0.4, 0.5) is 0 Å². The van der Waals surface area contributed by atoms with Gasteiger partial charge in [0.05, 0.1) is 30.1 Å². The molecule has 8 nitrogen and oxygen atoms in total. The molecule has 0 atom stereocenters. The summed E-state index contributed by atoms with van der Waals surface area (Å²) in [4.78, 5) is 47.5. The van der Waals surface area contributed by atoms with E-state index in [9.17, 15) is 14.4 Å². The second-order valence-corrected chi connectivity index (χ2v) is 8.94. The molecule has 3 aromatic rings. The van der Waals surface area contributed by atoms with Crippen LogP contribution in [0.5, 0.6) is 0 Å². The lowest BCUT2D eigenvalue weighted by Crippen LogP contribution is -2.41. The Kier molecular flexibility index (Phi) is 6.96. The van der Waals surface area contributed by atoms with E-state index in [-0.39, 0.29) is 17.4 Å². The molecule has 0 radical (unpaired) electrons. The van der Waals surface area contributed by atoms with Crippen molar-refractivity contribution in [2.75, 3.05) is 26.7 Å². The van der Waals surface area contributed by atoms with Crippen molar-refractivity contribution < 1.29 is 14.3 Å². The summed E-state index contributed by atoms with van der Waals surface area (Å²) < 4.78 is 4.75. The van der Waals surface area contributed by atoms with Crippen LogP contribution in [0.25, 0.3) is 10.9 Å². The van der Waals surface area contributed by atoms with Crippen LogP contribution in [0, 0.1) is 5.92 Å². The van der Waals surface area contributed by atoms with E-state index in [0.29, 0.717) is 35.4 Å². The van der Waals surface area contributed by atoms with E-state index < -0.39 is 5.97 Å². The Labute approximate surface area is 189 Å². The first-order valence-corrected chi connectivity index (χ1v) is 11.5. The van der Waals surface area contributed by atoms with Crippen molar-refractivity contribution in [3.8, 4) is 0 Å². The maximum absolute atomic E-state index is 12.5. The maximum Gasteiger partial charge on any atom is 0.337 e. The lowest BCUT2D eigenvalue weighted by atomic mass is 9.96. The number of ether oxygens (including phenoxy) is 1. The number of benzene rings is 1. The van der Waals surface area contributed by atoms with E-state index in [2.05, 4.69) is 26.3 Å². The summed E-state index contributed by atoms with van der Waals surface area (Å²) in [5, 5.41) is 5.53. The zero-order valence-corrected chi connectivity index (χ0v) is 18.7. The average Bonchev–Trinajstić information content (AvgIpc) is 3.32. The van der Waals surface area contributed by atoms with E-state index in [0.717, 1.165) is 32.4 Å². The second-order valence-electron chi connectivity index (χ2n) is 7.91. The number of fused-ring (bicyclic) bond motifs is 1. The van der Waals surface area contributed by atoms with E-state index in [1.54, 1.807) is 29.5 Å². The van der Waals surface area contributed by atoms with E-state index in [1.807, 2.05) is 11.4 Å². The molecular formula is C23H26N4O4S. The highest BCUT2D eigenvalue weighted by atomic mass is 32.1. The second kappa shape index (κ2) is 10.1. The van der Waals surface area contributed by atoms with Crippen LogP contribution in [0.15, 0.2) is 40.5 Å². The van der Waals surface area contributed by atoms with Crippen LogP contribution in [0.1, 0.15) is 33.9 Å². The van der Waals surface area contributed by atoms with Crippen LogP contribution in [-0.4, -0.2) is 53.5 Å². The predicted molar refractivity (Wildman–Crippen MR) is 123 cm³/mol. The summed E-state index contributed by atoms with van der Waals surface area (Å²) in [6.07, 6.45) is 2.41. The van der Waals surface area contributed by atoms with Gasteiger partial charge in [0, 0.05) is 17.3 Å². The molecule has 1 amide bonds. The number of carbonyl (C=O) groups is 2. The SMILES string of the molecule is COC(=O)c1ccc2c(=O)[nH]c(CN3CCC(C(=O)NCCc4cccs4)CC3)nc2c1. The van der Waals surface area contributed by atoms with Crippen molar-refractivity contribution in [2.24, 2.45) is 5.92 Å². The quantitative estimate of drug-likeness (QED) is 0.531. The molecule has 1 fully saturated rings. The number of piperidine rings is 1. The average molecular weight is 455 g/mol. The van der Waals surface area contributed by atoms with Crippen LogP contribution in [0.3, 0.4) is 0 Å². The van der Waals surface area contributed by atoms with Crippen molar-refractivity contribution in [1.82, 2.24) is 20.2 Å². The van der Waals surface area contributed by atoms with Crippen LogP contribution < -0.4 is 10.9 Å². The van der Waals surface area contributed by atoms with Crippen molar-refractivity contribution in [3.05, 3.63) is 62.3 Å². The Hall–Kier alpha value is -3.04.